The van der Waals surface area contributed by atoms with E-state index in [1.807, 2.05) is 18.2 Å². The number of para-hydroxylation sites is 1. The molecule has 0 unspecified atom stereocenters. The molecule has 0 atom stereocenters. The van der Waals surface area contributed by atoms with Crippen LogP contribution in [-0.2, 0) is 14.9 Å². The van der Waals surface area contributed by atoms with Gasteiger partial charge in [0.1, 0.15) is 17.3 Å². The molecule has 0 aliphatic carbocycles. The quantitative estimate of drug-likeness (QED) is 0.304. The van der Waals surface area contributed by atoms with E-state index >= 15 is 0 Å². The van der Waals surface area contributed by atoms with Crippen molar-refractivity contribution >= 4 is 39.1 Å². The van der Waals surface area contributed by atoms with Crippen molar-refractivity contribution in [2.75, 3.05) is 20.3 Å². The maximum Gasteiger partial charge on any atom is 0.339 e. The molecule has 1 saturated heterocycles. The van der Waals surface area contributed by atoms with E-state index in [1.165, 1.54) is 31.4 Å². The Morgan fingerprint density at radius 2 is 1.60 bits per heavy atom. The maximum absolute atomic E-state index is 12.8. The van der Waals surface area contributed by atoms with Crippen molar-refractivity contribution in [2.24, 2.45) is 0 Å². The molecule has 0 bridgehead atoms. The monoisotopic (exact) mass is 511 g/mol. The van der Waals surface area contributed by atoms with E-state index in [2.05, 4.69) is 0 Å². The number of thioether (sulfide) groups is 1. The fourth-order valence-electron chi connectivity index (χ4n) is 3.21. The van der Waals surface area contributed by atoms with E-state index in [9.17, 15) is 18.0 Å². The summed E-state index contributed by atoms with van der Waals surface area (Å²) in [5.41, 5.74) is 0.539. The zero-order valence-electron chi connectivity index (χ0n) is 18.6. The summed E-state index contributed by atoms with van der Waals surface area (Å²) in [6, 6.07) is 21.4. The summed E-state index contributed by atoms with van der Waals surface area (Å²) in [5, 5.41) is -0.390. The minimum absolute atomic E-state index is 0.000307. The zero-order valence-corrected chi connectivity index (χ0v) is 20.3. The molecule has 2 amide bonds. The Balaban J connectivity index is 1.46. The van der Waals surface area contributed by atoms with Gasteiger partial charge in [-0.2, -0.15) is 8.42 Å². The Morgan fingerprint density at radius 3 is 2.29 bits per heavy atom. The molecule has 0 aromatic heterocycles. The molecule has 1 heterocycles. The highest BCUT2D eigenvalue weighted by Gasteiger charge is 2.34. The second-order valence-electron chi connectivity index (χ2n) is 7.26. The van der Waals surface area contributed by atoms with Gasteiger partial charge in [-0.3, -0.25) is 14.5 Å². The fraction of sp³-hybridized carbons (Fsp3) is 0.120. The summed E-state index contributed by atoms with van der Waals surface area (Å²) < 4.78 is 41.2. The Labute approximate surface area is 207 Å². The van der Waals surface area contributed by atoms with Crippen LogP contribution >= 0.6 is 11.8 Å². The lowest BCUT2D eigenvalue weighted by atomic mass is 10.2. The molecule has 0 radical (unpaired) electrons. The average molecular weight is 512 g/mol. The Kier molecular flexibility index (Phi) is 7.42. The predicted octanol–water partition coefficient (Wildman–Crippen LogP) is 4.58. The number of carbonyl (C=O) groups is 2. The van der Waals surface area contributed by atoms with Gasteiger partial charge >= 0.3 is 10.1 Å². The first-order valence-corrected chi connectivity index (χ1v) is 12.7. The summed E-state index contributed by atoms with van der Waals surface area (Å²) in [7, 11) is -2.67. The van der Waals surface area contributed by atoms with Gasteiger partial charge in [-0.15, -0.1) is 0 Å². The second kappa shape index (κ2) is 10.7. The Hall–Kier alpha value is -3.76. The van der Waals surface area contributed by atoms with Crippen LogP contribution in [0.3, 0.4) is 0 Å². The van der Waals surface area contributed by atoms with Crippen LogP contribution in [0.2, 0.25) is 0 Å². The van der Waals surface area contributed by atoms with E-state index in [0.717, 1.165) is 16.7 Å². The van der Waals surface area contributed by atoms with Crippen LogP contribution in [-0.4, -0.2) is 44.7 Å². The summed E-state index contributed by atoms with van der Waals surface area (Å²) >= 11 is 0.823. The lowest BCUT2D eigenvalue weighted by Gasteiger charge is -2.13. The van der Waals surface area contributed by atoms with Crippen molar-refractivity contribution in [1.29, 1.82) is 0 Å². The van der Waals surface area contributed by atoms with Crippen LogP contribution in [0.4, 0.5) is 4.79 Å². The number of methoxy groups -OCH3 is 1. The van der Waals surface area contributed by atoms with Crippen LogP contribution in [0.25, 0.3) is 6.08 Å². The van der Waals surface area contributed by atoms with E-state index < -0.39 is 21.3 Å². The molecular formula is C25H21NO7S2. The average Bonchev–Trinajstić information content (AvgIpc) is 3.13. The van der Waals surface area contributed by atoms with Crippen molar-refractivity contribution in [3.05, 3.63) is 89.3 Å². The molecule has 10 heteroatoms. The molecular weight excluding hydrogens is 490 g/mol. The van der Waals surface area contributed by atoms with Gasteiger partial charge < -0.3 is 13.7 Å². The van der Waals surface area contributed by atoms with E-state index in [1.54, 1.807) is 42.5 Å². The van der Waals surface area contributed by atoms with Gasteiger partial charge in [0.25, 0.3) is 11.1 Å². The Morgan fingerprint density at radius 1 is 0.914 bits per heavy atom. The number of ether oxygens (including phenoxy) is 2. The third-order valence-corrected chi connectivity index (χ3v) is 7.07. The fourth-order valence-corrected chi connectivity index (χ4v) is 5.04. The van der Waals surface area contributed by atoms with Gasteiger partial charge in [-0.1, -0.05) is 42.5 Å². The highest BCUT2D eigenvalue weighted by atomic mass is 32.2. The van der Waals surface area contributed by atoms with Gasteiger partial charge in [-0.05, 0) is 59.8 Å². The molecule has 1 fully saturated rings. The van der Waals surface area contributed by atoms with Crippen molar-refractivity contribution in [2.45, 2.75) is 4.90 Å². The second-order valence-corrected chi connectivity index (χ2v) is 9.80. The van der Waals surface area contributed by atoms with Crippen molar-refractivity contribution in [1.82, 2.24) is 4.90 Å². The van der Waals surface area contributed by atoms with Crippen molar-refractivity contribution in [3.63, 3.8) is 0 Å². The van der Waals surface area contributed by atoms with Gasteiger partial charge in [0.05, 0.1) is 18.6 Å². The van der Waals surface area contributed by atoms with Crippen molar-refractivity contribution in [3.8, 4) is 17.2 Å². The van der Waals surface area contributed by atoms with Crippen LogP contribution in [0, 0.1) is 0 Å². The molecule has 0 spiro atoms. The minimum atomic E-state index is -4.05. The molecule has 3 aromatic rings. The molecule has 3 aromatic carbocycles. The number of carbonyl (C=O) groups excluding carboxylic acids is 2. The van der Waals surface area contributed by atoms with Crippen LogP contribution < -0.4 is 13.7 Å². The highest BCUT2D eigenvalue weighted by Crippen LogP contribution is 2.35. The largest absolute Gasteiger partial charge is 0.493 e. The third kappa shape index (κ3) is 5.84. The first-order chi connectivity index (χ1) is 16.9. The SMILES string of the molecule is COc1cc(/C=C2\SC(=O)N(CCOc3ccccc3)C2=O)ccc1OS(=O)(=O)c1ccccc1. The number of amides is 2. The number of benzene rings is 3. The molecule has 35 heavy (non-hydrogen) atoms. The smallest absolute Gasteiger partial charge is 0.339 e. The molecule has 180 valence electrons. The number of hydrogen-bond acceptors (Lipinski definition) is 8. The van der Waals surface area contributed by atoms with E-state index in [-0.39, 0.29) is 34.5 Å². The lowest BCUT2D eigenvalue weighted by Crippen LogP contribution is -2.32. The highest BCUT2D eigenvalue weighted by molar-refractivity contribution is 8.18. The molecule has 4 rings (SSSR count). The number of imide groups is 1. The number of nitrogens with zero attached hydrogens (tertiary/aromatic N) is 1. The minimum Gasteiger partial charge on any atom is -0.493 e. The van der Waals surface area contributed by atoms with Gasteiger partial charge in [-0.25, -0.2) is 0 Å². The lowest BCUT2D eigenvalue weighted by molar-refractivity contribution is -0.123. The maximum atomic E-state index is 12.8. The standard InChI is InChI=1S/C25H21NO7S2/c1-31-22-16-18(12-13-21(22)33-35(29,30)20-10-6-3-7-11-20)17-23-24(27)26(25(28)34-23)14-15-32-19-8-4-2-5-9-19/h2-13,16-17H,14-15H2,1H3/b23-17-. The van der Waals surface area contributed by atoms with Crippen LogP contribution in [0.15, 0.2) is 88.7 Å². The molecule has 0 saturated carbocycles. The van der Waals surface area contributed by atoms with Gasteiger partial charge in [0.15, 0.2) is 11.5 Å². The van der Waals surface area contributed by atoms with Crippen LogP contribution in [0.1, 0.15) is 5.56 Å². The molecule has 1 aliphatic rings. The zero-order chi connectivity index (χ0) is 24.8. The first kappa shape index (κ1) is 24.4. The predicted molar refractivity (Wildman–Crippen MR) is 132 cm³/mol. The third-order valence-electron chi connectivity index (χ3n) is 4.92. The van der Waals surface area contributed by atoms with Gasteiger partial charge in [0, 0.05) is 0 Å². The molecule has 0 N–H and O–H groups in total. The van der Waals surface area contributed by atoms with Crippen LogP contribution in [0.5, 0.6) is 17.2 Å². The van der Waals surface area contributed by atoms with Crippen molar-refractivity contribution < 1.29 is 31.7 Å². The van der Waals surface area contributed by atoms with Gasteiger partial charge in [0.2, 0.25) is 0 Å². The normalized spacial score (nSPS) is 14.9. The first-order valence-electron chi connectivity index (χ1n) is 10.5. The summed E-state index contributed by atoms with van der Waals surface area (Å²) in [6.07, 6.45) is 1.54. The Bertz CT molecular complexity index is 1360. The van der Waals surface area contributed by atoms with E-state index in [0.29, 0.717) is 11.3 Å². The number of rotatable bonds is 9. The van der Waals surface area contributed by atoms with E-state index in [4.69, 9.17) is 13.7 Å². The molecule has 8 nitrogen and oxygen atoms in total. The topological polar surface area (TPSA) is 99.2 Å². The summed E-state index contributed by atoms with van der Waals surface area (Å²) in [4.78, 5) is 26.5. The summed E-state index contributed by atoms with van der Waals surface area (Å²) in [5.74, 6) is 0.384. The molecule has 1 aliphatic heterocycles. The number of hydrogen-bond donors (Lipinski definition) is 0. The summed E-state index contributed by atoms with van der Waals surface area (Å²) in [6.45, 7) is 0.287.